The van der Waals surface area contributed by atoms with Gasteiger partial charge >= 0.3 is 0 Å². The van der Waals surface area contributed by atoms with Crippen molar-refractivity contribution >= 4 is 5.96 Å². The molecule has 2 bridgehead atoms. The van der Waals surface area contributed by atoms with Crippen molar-refractivity contribution in [3.63, 3.8) is 0 Å². The summed E-state index contributed by atoms with van der Waals surface area (Å²) in [5.41, 5.74) is 2.47. The number of ether oxygens (including phenoxy) is 1. The number of guanidine groups is 1. The van der Waals surface area contributed by atoms with Gasteiger partial charge in [0, 0.05) is 30.7 Å². The van der Waals surface area contributed by atoms with Crippen LogP contribution in [0.1, 0.15) is 65.2 Å². The standard InChI is InChI=1S/C18H33N5O3/c1-11-7-13-9-12(2)18(14(8-11)10-13)24-17(25-26-18)5-3-15(4-6-17)21-16(22-19)23-20/h11-15H,3-10,19-20H2,1-2H3,(H2,21,22,23). The lowest BCUT2D eigenvalue weighted by molar-refractivity contribution is -0.380. The molecule has 3 saturated carbocycles. The van der Waals surface area contributed by atoms with Crippen LogP contribution in [0.4, 0.5) is 0 Å². The van der Waals surface area contributed by atoms with Crippen LogP contribution in [-0.4, -0.2) is 23.6 Å². The van der Waals surface area contributed by atoms with E-state index in [-0.39, 0.29) is 6.04 Å². The molecule has 5 atom stereocenters. The average molecular weight is 367 g/mol. The van der Waals surface area contributed by atoms with Gasteiger partial charge in [0.2, 0.25) is 17.5 Å². The van der Waals surface area contributed by atoms with E-state index in [2.05, 4.69) is 29.7 Å². The topological polar surface area (TPSA) is 116 Å². The molecule has 0 aromatic heterocycles. The van der Waals surface area contributed by atoms with Crippen molar-refractivity contribution in [2.45, 2.75) is 82.8 Å². The second-order valence-corrected chi connectivity index (χ2v) is 8.95. The molecule has 4 fully saturated rings. The van der Waals surface area contributed by atoms with Gasteiger partial charge in [-0.2, -0.15) is 9.78 Å². The summed E-state index contributed by atoms with van der Waals surface area (Å²) in [5.74, 6) is 12.3. The van der Waals surface area contributed by atoms with Crippen LogP contribution in [0.2, 0.25) is 0 Å². The largest absolute Gasteiger partial charge is 0.351 e. The lowest BCUT2D eigenvalue weighted by atomic mass is 9.62. The van der Waals surface area contributed by atoms with Crippen LogP contribution in [0.15, 0.2) is 5.10 Å². The Balaban J connectivity index is 1.42. The van der Waals surface area contributed by atoms with E-state index in [0.29, 0.717) is 17.8 Å². The molecule has 2 spiro atoms. The van der Waals surface area contributed by atoms with Gasteiger partial charge in [-0.25, -0.2) is 5.84 Å². The van der Waals surface area contributed by atoms with E-state index >= 15 is 0 Å². The van der Waals surface area contributed by atoms with Crippen LogP contribution in [0.5, 0.6) is 0 Å². The summed E-state index contributed by atoms with van der Waals surface area (Å²) in [6.45, 7) is 4.62. The van der Waals surface area contributed by atoms with Crippen LogP contribution >= 0.6 is 0 Å². The lowest BCUT2D eigenvalue weighted by Crippen LogP contribution is -2.55. The number of nitrogens with two attached hydrogens (primary N) is 2. The van der Waals surface area contributed by atoms with Crippen LogP contribution < -0.4 is 22.4 Å². The molecule has 1 aliphatic heterocycles. The van der Waals surface area contributed by atoms with E-state index < -0.39 is 11.6 Å². The Morgan fingerprint density at radius 3 is 2.54 bits per heavy atom. The van der Waals surface area contributed by atoms with Gasteiger partial charge in [0.05, 0.1) is 0 Å². The summed E-state index contributed by atoms with van der Waals surface area (Å²) in [6.07, 6.45) is 8.23. The Bertz CT molecular complexity index is 547. The Kier molecular flexibility index (Phi) is 4.79. The Morgan fingerprint density at radius 2 is 1.85 bits per heavy atom. The maximum absolute atomic E-state index is 6.70. The molecule has 3 aliphatic carbocycles. The normalized spacial score (nSPS) is 48.7. The fraction of sp³-hybridized carbons (Fsp3) is 0.944. The molecule has 0 aromatic carbocycles. The first kappa shape index (κ1) is 18.3. The van der Waals surface area contributed by atoms with Crippen molar-refractivity contribution in [3.8, 4) is 0 Å². The Labute approximate surface area is 155 Å². The minimum absolute atomic E-state index is 0.241. The van der Waals surface area contributed by atoms with E-state index in [1.54, 1.807) is 0 Å². The second kappa shape index (κ2) is 6.82. The number of rotatable bonds is 1. The van der Waals surface area contributed by atoms with E-state index in [1.165, 1.54) is 25.7 Å². The highest BCUT2D eigenvalue weighted by molar-refractivity contribution is 5.79. The van der Waals surface area contributed by atoms with Crippen LogP contribution in [0.25, 0.3) is 0 Å². The van der Waals surface area contributed by atoms with E-state index in [4.69, 9.17) is 26.2 Å². The molecule has 0 radical (unpaired) electrons. The third-order valence-corrected chi connectivity index (χ3v) is 7.01. The molecule has 5 unspecified atom stereocenters. The maximum Gasteiger partial charge on any atom is 0.227 e. The summed E-state index contributed by atoms with van der Waals surface area (Å²) >= 11 is 0. The molecule has 0 amide bonds. The number of hydrogen-bond donors (Lipinski definition) is 4. The fourth-order valence-electron chi connectivity index (χ4n) is 5.83. The molecule has 1 heterocycles. The first-order valence-corrected chi connectivity index (χ1v) is 10.1. The van der Waals surface area contributed by atoms with Crippen molar-refractivity contribution in [3.05, 3.63) is 0 Å². The van der Waals surface area contributed by atoms with Crippen molar-refractivity contribution in [1.29, 1.82) is 0 Å². The van der Waals surface area contributed by atoms with Gasteiger partial charge in [0.25, 0.3) is 0 Å². The monoisotopic (exact) mass is 367 g/mol. The summed E-state index contributed by atoms with van der Waals surface area (Å²) in [5, 5.41) is 6.81. The van der Waals surface area contributed by atoms with Gasteiger partial charge < -0.3 is 15.9 Å². The zero-order valence-corrected chi connectivity index (χ0v) is 15.9. The minimum atomic E-state index is -0.615. The first-order valence-electron chi connectivity index (χ1n) is 10.1. The summed E-state index contributed by atoms with van der Waals surface area (Å²) < 4.78 is 6.70. The van der Waals surface area contributed by atoms with Crippen LogP contribution in [-0.2, 0) is 14.5 Å². The molecule has 8 heteroatoms. The molecular weight excluding hydrogens is 334 g/mol. The van der Waals surface area contributed by atoms with Crippen molar-refractivity contribution in [1.82, 2.24) is 10.7 Å². The highest BCUT2D eigenvalue weighted by Crippen LogP contribution is 2.57. The van der Waals surface area contributed by atoms with Gasteiger partial charge in [-0.05, 0) is 50.4 Å². The van der Waals surface area contributed by atoms with Crippen molar-refractivity contribution < 1.29 is 14.5 Å². The SMILES string of the molecule is CC1CC2CC(C)C3(OOC4(CCC(N/C(=N/N)NN)CC4)O3)C(C1)C2. The number of fused-ring (bicyclic) bond motifs is 3. The quantitative estimate of drug-likeness (QED) is 0.183. The predicted octanol–water partition coefficient (Wildman–Crippen LogP) is 1.67. The Hall–Kier alpha value is -1.09. The number of nitrogens with zero attached hydrogens (tertiary/aromatic N) is 1. The fourth-order valence-corrected chi connectivity index (χ4v) is 5.83. The smallest absolute Gasteiger partial charge is 0.227 e. The highest BCUT2D eigenvalue weighted by Gasteiger charge is 2.62. The van der Waals surface area contributed by atoms with Crippen molar-refractivity contribution in [2.75, 3.05) is 0 Å². The number of hydrazone groups is 1. The molecule has 26 heavy (non-hydrogen) atoms. The van der Waals surface area contributed by atoms with Crippen LogP contribution in [0, 0.1) is 23.7 Å². The third-order valence-electron chi connectivity index (χ3n) is 7.01. The first-order chi connectivity index (χ1) is 12.5. The number of hydrogen-bond acceptors (Lipinski definition) is 6. The van der Waals surface area contributed by atoms with Gasteiger partial charge in [0.15, 0.2) is 0 Å². The molecule has 148 valence electrons. The van der Waals surface area contributed by atoms with E-state index in [0.717, 1.165) is 37.5 Å². The zero-order chi connectivity index (χ0) is 18.4. The molecule has 8 nitrogen and oxygen atoms in total. The minimum Gasteiger partial charge on any atom is -0.351 e. The summed E-state index contributed by atoms with van der Waals surface area (Å²) in [4.78, 5) is 12.0. The molecule has 4 rings (SSSR count). The molecular formula is C18H33N5O3. The average Bonchev–Trinajstić information content (AvgIpc) is 3.00. The molecule has 4 aliphatic rings. The van der Waals surface area contributed by atoms with Gasteiger partial charge in [0.1, 0.15) is 0 Å². The third kappa shape index (κ3) is 3.06. The maximum atomic E-state index is 6.70. The predicted molar refractivity (Wildman–Crippen MR) is 96.8 cm³/mol. The van der Waals surface area contributed by atoms with E-state index in [9.17, 15) is 0 Å². The number of hydrazine groups is 1. The van der Waals surface area contributed by atoms with Gasteiger partial charge in [-0.1, -0.05) is 13.8 Å². The van der Waals surface area contributed by atoms with Crippen molar-refractivity contribution in [2.24, 2.45) is 40.5 Å². The summed E-state index contributed by atoms with van der Waals surface area (Å²) in [6, 6.07) is 0.241. The van der Waals surface area contributed by atoms with Gasteiger partial charge in [-0.3, -0.25) is 5.43 Å². The van der Waals surface area contributed by atoms with Gasteiger partial charge in [-0.15, -0.1) is 5.10 Å². The molecule has 0 aromatic rings. The number of nitrogens with one attached hydrogen (secondary N) is 2. The lowest BCUT2D eigenvalue weighted by Gasteiger charge is -2.50. The van der Waals surface area contributed by atoms with Crippen LogP contribution in [0.3, 0.4) is 0 Å². The summed E-state index contributed by atoms with van der Waals surface area (Å²) in [7, 11) is 0. The second-order valence-electron chi connectivity index (χ2n) is 8.95. The highest BCUT2D eigenvalue weighted by atomic mass is 17.3. The zero-order valence-electron chi connectivity index (χ0n) is 15.9. The molecule has 1 saturated heterocycles. The van der Waals surface area contributed by atoms with E-state index in [1.807, 2.05) is 0 Å². The Morgan fingerprint density at radius 1 is 1.08 bits per heavy atom. The molecule has 6 N–H and O–H groups in total.